The van der Waals surface area contributed by atoms with Crippen molar-refractivity contribution >= 4 is 33.9 Å². The van der Waals surface area contributed by atoms with Crippen LogP contribution in [0.25, 0.3) is 5.76 Å². The van der Waals surface area contributed by atoms with Crippen LogP contribution >= 0.6 is 11.3 Å². The van der Waals surface area contributed by atoms with E-state index in [4.69, 9.17) is 4.74 Å². The Kier molecular flexibility index (Phi) is 5.61. The van der Waals surface area contributed by atoms with E-state index in [2.05, 4.69) is 4.98 Å². The molecule has 1 fully saturated rings. The number of aliphatic hydroxyl groups is 1. The third-order valence-corrected chi connectivity index (χ3v) is 6.29. The number of rotatable bonds is 5. The fourth-order valence-corrected chi connectivity index (χ4v) is 4.51. The van der Waals surface area contributed by atoms with Crippen LogP contribution < -0.4 is 9.64 Å². The highest BCUT2D eigenvalue weighted by Crippen LogP contribution is 2.43. The predicted molar refractivity (Wildman–Crippen MR) is 120 cm³/mol. The van der Waals surface area contributed by atoms with Crippen LogP contribution in [-0.4, -0.2) is 28.4 Å². The topological polar surface area (TPSA) is 79.7 Å². The monoisotopic (exact) mass is 434 g/mol. The molecule has 0 saturated carbocycles. The molecule has 3 aromatic rings. The van der Waals surface area contributed by atoms with Gasteiger partial charge in [-0.2, -0.15) is 0 Å². The Bertz CT molecular complexity index is 1150. The van der Waals surface area contributed by atoms with Crippen molar-refractivity contribution in [3.63, 3.8) is 0 Å². The van der Waals surface area contributed by atoms with Gasteiger partial charge in [0.2, 0.25) is 0 Å². The molecular weight excluding hydrogens is 412 g/mol. The van der Waals surface area contributed by atoms with Gasteiger partial charge in [0.1, 0.15) is 11.5 Å². The summed E-state index contributed by atoms with van der Waals surface area (Å²) in [6, 6.07) is 15.2. The third-order valence-electron chi connectivity index (χ3n) is 5.22. The second kappa shape index (κ2) is 8.35. The largest absolute Gasteiger partial charge is 0.507 e. The van der Waals surface area contributed by atoms with E-state index in [0.29, 0.717) is 28.6 Å². The molecular formula is C24H22N2O4S. The SMILES string of the molecule is CCOc1ccc([C@H]2C(=C(O)c3ccccc3)C(=O)C(=O)N2c2nc(C)c(C)s2)cc1. The maximum absolute atomic E-state index is 13.1. The summed E-state index contributed by atoms with van der Waals surface area (Å²) in [6.45, 7) is 6.21. The molecule has 1 atom stereocenters. The van der Waals surface area contributed by atoms with Crippen molar-refractivity contribution in [1.29, 1.82) is 0 Å². The number of amides is 1. The van der Waals surface area contributed by atoms with E-state index >= 15 is 0 Å². The average Bonchev–Trinajstić information content (AvgIpc) is 3.24. The number of benzene rings is 2. The van der Waals surface area contributed by atoms with Gasteiger partial charge in [-0.15, -0.1) is 11.3 Å². The van der Waals surface area contributed by atoms with Gasteiger partial charge in [-0.25, -0.2) is 4.98 Å². The van der Waals surface area contributed by atoms with Crippen LogP contribution in [0.3, 0.4) is 0 Å². The number of thiazole rings is 1. The van der Waals surface area contributed by atoms with Gasteiger partial charge in [0.25, 0.3) is 5.78 Å². The average molecular weight is 435 g/mol. The molecule has 0 spiro atoms. The summed E-state index contributed by atoms with van der Waals surface area (Å²) in [5.41, 5.74) is 2.01. The van der Waals surface area contributed by atoms with E-state index in [-0.39, 0.29) is 11.3 Å². The van der Waals surface area contributed by atoms with E-state index < -0.39 is 17.7 Å². The first-order valence-corrected chi connectivity index (χ1v) is 10.8. The fourth-order valence-electron chi connectivity index (χ4n) is 3.57. The number of aryl methyl sites for hydroxylation is 2. The number of carbonyl (C=O) groups excluding carboxylic acids is 2. The van der Waals surface area contributed by atoms with Gasteiger partial charge in [0, 0.05) is 10.4 Å². The van der Waals surface area contributed by atoms with Crippen LogP contribution in [0.2, 0.25) is 0 Å². The standard InChI is InChI=1S/C24H22N2O4S/c1-4-30-18-12-10-16(11-13-18)20-19(21(27)17-8-6-5-7-9-17)22(28)23(29)26(20)24-25-14(2)15(3)31-24/h5-13,20,27H,4H2,1-3H3/t20-/m0/s1. The smallest absolute Gasteiger partial charge is 0.301 e. The number of anilines is 1. The lowest BCUT2D eigenvalue weighted by Gasteiger charge is -2.23. The van der Waals surface area contributed by atoms with Crippen LogP contribution in [0.4, 0.5) is 5.13 Å². The molecule has 7 heteroatoms. The van der Waals surface area contributed by atoms with Crippen molar-refractivity contribution < 1.29 is 19.4 Å². The summed E-state index contributed by atoms with van der Waals surface area (Å²) in [7, 11) is 0. The summed E-state index contributed by atoms with van der Waals surface area (Å²) < 4.78 is 5.52. The van der Waals surface area contributed by atoms with Crippen LogP contribution in [0.5, 0.6) is 5.75 Å². The van der Waals surface area contributed by atoms with Crippen molar-refractivity contribution in [2.75, 3.05) is 11.5 Å². The molecule has 4 rings (SSSR count). The first-order valence-electron chi connectivity index (χ1n) is 9.95. The highest BCUT2D eigenvalue weighted by atomic mass is 32.1. The first kappa shape index (κ1) is 20.8. The molecule has 0 unspecified atom stereocenters. The minimum atomic E-state index is -0.791. The maximum Gasteiger partial charge on any atom is 0.301 e. The van der Waals surface area contributed by atoms with Crippen molar-refractivity contribution in [2.45, 2.75) is 26.8 Å². The van der Waals surface area contributed by atoms with Crippen molar-refractivity contribution in [3.05, 3.63) is 81.9 Å². The van der Waals surface area contributed by atoms with E-state index in [1.165, 1.54) is 16.2 Å². The highest BCUT2D eigenvalue weighted by molar-refractivity contribution is 7.16. The Hall–Kier alpha value is -3.45. The van der Waals surface area contributed by atoms with E-state index in [0.717, 1.165) is 10.6 Å². The summed E-state index contributed by atoms with van der Waals surface area (Å²) in [6.07, 6.45) is 0. The molecule has 1 amide bonds. The second-order valence-corrected chi connectivity index (χ2v) is 8.36. The molecule has 158 valence electrons. The number of aromatic nitrogens is 1. The summed E-state index contributed by atoms with van der Waals surface area (Å²) in [5.74, 6) is -0.951. The molecule has 31 heavy (non-hydrogen) atoms. The Morgan fingerprint density at radius 2 is 1.77 bits per heavy atom. The molecule has 0 bridgehead atoms. The van der Waals surface area contributed by atoms with Crippen LogP contribution in [0.15, 0.2) is 60.2 Å². The number of nitrogens with zero attached hydrogens (tertiary/aromatic N) is 2. The van der Waals surface area contributed by atoms with Gasteiger partial charge in [-0.1, -0.05) is 42.5 Å². The zero-order valence-corrected chi connectivity index (χ0v) is 18.3. The lowest BCUT2D eigenvalue weighted by atomic mass is 9.95. The van der Waals surface area contributed by atoms with Crippen molar-refractivity contribution in [2.24, 2.45) is 0 Å². The molecule has 1 aliphatic heterocycles. The molecule has 1 N–H and O–H groups in total. The lowest BCUT2D eigenvalue weighted by Crippen LogP contribution is -2.29. The Labute approximate surface area is 184 Å². The molecule has 2 aromatic carbocycles. The van der Waals surface area contributed by atoms with E-state index in [1.54, 1.807) is 48.5 Å². The predicted octanol–water partition coefficient (Wildman–Crippen LogP) is 4.78. The lowest BCUT2D eigenvalue weighted by molar-refractivity contribution is -0.132. The number of carbonyl (C=O) groups is 2. The second-order valence-electron chi connectivity index (χ2n) is 7.18. The fraction of sp³-hybridized carbons (Fsp3) is 0.208. The zero-order chi connectivity index (χ0) is 22.1. The summed E-state index contributed by atoms with van der Waals surface area (Å²) in [4.78, 5) is 33.0. The van der Waals surface area contributed by atoms with Gasteiger partial charge >= 0.3 is 5.91 Å². The molecule has 1 saturated heterocycles. The van der Waals surface area contributed by atoms with Gasteiger partial charge < -0.3 is 9.84 Å². The Morgan fingerprint density at radius 1 is 1.10 bits per heavy atom. The summed E-state index contributed by atoms with van der Waals surface area (Å²) in [5, 5.41) is 11.5. The normalized spacial score (nSPS) is 17.9. The third kappa shape index (κ3) is 3.72. The minimum Gasteiger partial charge on any atom is -0.507 e. The molecule has 2 heterocycles. The van der Waals surface area contributed by atoms with Crippen molar-refractivity contribution in [1.82, 2.24) is 4.98 Å². The zero-order valence-electron chi connectivity index (χ0n) is 17.5. The Morgan fingerprint density at radius 3 is 2.35 bits per heavy atom. The maximum atomic E-state index is 13.1. The molecule has 1 aliphatic rings. The first-order chi connectivity index (χ1) is 14.9. The number of aliphatic hydroxyl groups excluding tert-OH is 1. The highest BCUT2D eigenvalue weighted by Gasteiger charge is 2.48. The minimum absolute atomic E-state index is 0.0471. The van der Waals surface area contributed by atoms with Gasteiger partial charge in [0.15, 0.2) is 5.13 Å². The molecule has 0 aliphatic carbocycles. The molecule has 1 aromatic heterocycles. The van der Waals surface area contributed by atoms with E-state index in [9.17, 15) is 14.7 Å². The number of hydrogen-bond acceptors (Lipinski definition) is 6. The number of Topliss-reactive ketones (excluding diaryl/α,β-unsaturated/α-hetero) is 1. The Balaban J connectivity index is 1.91. The number of ketones is 1. The van der Waals surface area contributed by atoms with E-state index in [1.807, 2.05) is 26.8 Å². The van der Waals surface area contributed by atoms with Gasteiger partial charge in [-0.3, -0.25) is 14.5 Å². The van der Waals surface area contributed by atoms with Crippen molar-refractivity contribution in [3.8, 4) is 5.75 Å². The van der Waals surface area contributed by atoms with Crippen LogP contribution in [0, 0.1) is 13.8 Å². The number of ether oxygens (including phenoxy) is 1. The summed E-state index contributed by atoms with van der Waals surface area (Å²) >= 11 is 1.35. The van der Waals surface area contributed by atoms with Crippen LogP contribution in [0.1, 0.15) is 34.7 Å². The quantitative estimate of drug-likeness (QED) is 0.355. The molecule has 6 nitrogen and oxygen atoms in total. The van der Waals surface area contributed by atoms with Gasteiger partial charge in [-0.05, 0) is 38.5 Å². The number of hydrogen-bond donors (Lipinski definition) is 1. The van der Waals surface area contributed by atoms with Gasteiger partial charge in [0.05, 0.1) is 23.9 Å². The molecule has 0 radical (unpaired) electrons. The van der Waals surface area contributed by atoms with Crippen LogP contribution in [-0.2, 0) is 9.59 Å².